The lowest BCUT2D eigenvalue weighted by atomic mass is 10.0. The van der Waals surface area contributed by atoms with Crippen LogP contribution in [0.25, 0.3) is 52.8 Å². The third-order valence-corrected chi connectivity index (χ3v) is 9.03. The third-order valence-electron chi connectivity index (χ3n) is 7.81. The zero-order chi connectivity index (χ0) is 26.5. The molecule has 0 amide bonds. The van der Waals surface area contributed by atoms with Crippen molar-refractivity contribution in [1.29, 1.82) is 0 Å². The van der Waals surface area contributed by atoms with Crippen LogP contribution < -0.4 is 4.90 Å². The van der Waals surface area contributed by atoms with Crippen LogP contribution in [-0.4, -0.2) is 0 Å². The van der Waals surface area contributed by atoms with Gasteiger partial charge in [-0.25, -0.2) is 0 Å². The van der Waals surface area contributed by atoms with E-state index in [2.05, 4.69) is 157 Å². The molecule has 7 aromatic carbocycles. The smallest absolute Gasteiger partial charge is 0.0547 e. The predicted octanol–water partition coefficient (Wildman–Crippen LogP) is 11.5. The highest BCUT2D eigenvalue weighted by atomic mass is 32.1. The average molecular weight is 528 g/mol. The van der Waals surface area contributed by atoms with E-state index in [0.717, 1.165) is 11.4 Å². The van der Waals surface area contributed by atoms with E-state index in [-0.39, 0.29) is 0 Å². The highest BCUT2D eigenvalue weighted by molar-refractivity contribution is 7.26. The molecule has 0 atom stereocenters. The molecule has 0 N–H and O–H groups in total. The largest absolute Gasteiger partial charge is 0.310 e. The van der Waals surface area contributed by atoms with E-state index in [4.69, 9.17) is 0 Å². The van der Waals surface area contributed by atoms with Gasteiger partial charge < -0.3 is 4.90 Å². The van der Waals surface area contributed by atoms with Gasteiger partial charge in [-0.2, -0.15) is 0 Å². The molecule has 8 rings (SSSR count). The molecule has 0 saturated heterocycles. The molecule has 1 aromatic heterocycles. The maximum atomic E-state index is 2.44. The second-order valence-corrected chi connectivity index (χ2v) is 11.3. The Balaban J connectivity index is 1.45. The van der Waals surface area contributed by atoms with Gasteiger partial charge in [0.25, 0.3) is 0 Å². The monoisotopic (exact) mass is 527 g/mol. The zero-order valence-corrected chi connectivity index (χ0v) is 22.6. The molecule has 0 aliphatic carbocycles. The maximum Gasteiger partial charge on any atom is 0.0547 e. The number of nitrogens with zero attached hydrogens (tertiary/aromatic N) is 1. The Morgan fingerprint density at radius 1 is 0.400 bits per heavy atom. The molecule has 0 unspecified atom stereocenters. The Bertz CT molecular complexity index is 2170. The lowest BCUT2D eigenvalue weighted by molar-refractivity contribution is 1.31. The first-order valence-electron chi connectivity index (χ1n) is 13.6. The molecule has 0 spiro atoms. The molecular weight excluding hydrogens is 502 g/mol. The molecular formula is C38H25NS. The zero-order valence-electron chi connectivity index (χ0n) is 21.8. The first-order valence-corrected chi connectivity index (χ1v) is 14.4. The molecule has 0 saturated carbocycles. The fourth-order valence-electron chi connectivity index (χ4n) is 5.91. The van der Waals surface area contributed by atoms with Gasteiger partial charge in [-0.15, -0.1) is 11.3 Å². The number of hydrogen-bond donors (Lipinski definition) is 0. The molecule has 8 aromatic rings. The molecule has 2 heteroatoms. The summed E-state index contributed by atoms with van der Waals surface area (Å²) in [5.74, 6) is 0. The van der Waals surface area contributed by atoms with Gasteiger partial charge in [0.15, 0.2) is 0 Å². The number of anilines is 3. The SMILES string of the molecule is c1ccc(-c2cccc(N(c3ccc4ccccc4c3)c3cc4c5ccccc5sc4c4ccccc34)c2)cc1. The summed E-state index contributed by atoms with van der Waals surface area (Å²) >= 11 is 1.89. The van der Waals surface area contributed by atoms with Crippen molar-refractivity contribution in [2.24, 2.45) is 0 Å². The predicted molar refractivity (Wildman–Crippen MR) is 174 cm³/mol. The van der Waals surface area contributed by atoms with Crippen LogP contribution in [0.1, 0.15) is 0 Å². The normalized spacial score (nSPS) is 11.5. The van der Waals surface area contributed by atoms with Gasteiger partial charge in [-0.1, -0.05) is 115 Å². The highest BCUT2D eigenvalue weighted by Crippen LogP contribution is 2.46. The first-order chi connectivity index (χ1) is 19.8. The van der Waals surface area contributed by atoms with Crippen LogP contribution in [-0.2, 0) is 0 Å². The van der Waals surface area contributed by atoms with E-state index < -0.39 is 0 Å². The minimum atomic E-state index is 1.14. The van der Waals surface area contributed by atoms with Crippen LogP contribution in [0.3, 0.4) is 0 Å². The molecule has 0 bridgehead atoms. The summed E-state index contributed by atoms with van der Waals surface area (Å²) in [5, 5.41) is 7.63. The maximum absolute atomic E-state index is 2.44. The van der Waals surface area contributed by atoms with Gasteiger partial charge in [-0.05, 0) is 58.3 Å². The van der Waals surface area contributed by atoms with Crippen molar-refractivity contribution in [2.75, 3.05) is 4.90 Å². The standard InChI is InChI=1S/C38H25NS/c1-2-11-26(12-3-1)29-15-10-16-30(23-29)39(31-22-21-27-13-4-5-14-28(27)24-31)36-25-35-33-18-8-9-20-37(33)40-38(35)34-19-7-6-17-32(34)36/h1-25H. The summed E-state index contributed by atoms with van der Waals surface area (Å²) in [6, 6.07) is 55.0. The number of benzene rings is 7. The molecule has 0 aliphatic rings. The molecule has 40 heavy (non-hydrogen) atoms. The van der Waals surface area contributed by atoms with Crippen molar-refractivity contribution < 1.29 is 0 Å². The Labute approximate surface area is 237 Å². The lowest BCUT2D eigenvalue weighted by Crippen LogP contribution is -2.10. The summed E-state index contributed by atoms with van der Waals surface area (Å²) in [6.07, 6.45) is 0. The third kappa shape index (κ3) is 3.77. The van der Waals surface area contributed by atoms with Crippen molar-refractivity contribution in [3.8, 4) is 11.1 Å². The molecule has 0 aliphatic heterocycles. The molecule has 1 nitrogen and oxygen atoms in total. The minimum Gasteiger partial charge on any atom is -0.310 e. The summed E-state index contributed by atoms with van der Waals surface area (Å²) in [7, 11) is 0. The van der Waals surface area contributed by atoms with Gasteiger partial charge >= 0.3 is 0 Å². The van der Waals surface area contributed by atoms with Crippen molar-refractivity contribution in [3.05, 3.63) is 152 Å². The van der Waals surface area contributed by atoms with Crippen LogP contribution >= 0.6 is 11.3 Å². The highest BCUT2D eigenvalue weighted by Gasteiger charge is 2.20. The van der Waals surface area contributed by atoms with Crippen molar-refractivity contribution >= 4 is 70.1 Å². The van der Waals surface area contributed by atoms with Crippen LogP contribution in [0.2, 0.25) is 0 Å². The van der Waals surface area contributed by atoms with Crippen LogP contribution in [0, 0.1) is 0 Å². The van der Waals surface area contributed by atoms with Crippen LogP contribution in [0.4, 0.5) is 17.1 Å². The molecule has 0 fully saturated rings. The summed E-state index contributed by atoms with van der Waals surface area (Å²) in [6.45, 7) is 0. The van der Waals surface area contributed by atoms with Crippen LogP contribution in [0.15, 0.2) is 152 Å². The number of fused-ring (bicyclic) bond motifs is 6. The van der Waals surface area contributed by atoms with Crippen molar-refractivity contribution in [1.82, 2.24) is 0 Å². The Kier molecular flexibility index (Phi) is 5.39. The van der Waals surface area contributed by atoms with E-state index >= 15 is 0 Å². The number of thiophene rings is 1. The Morgan fingerprint density at radius 3 is 1.95 bits per heavy atom. The molecule has 0 radical (unpaired) electrons. The summed E-state index contributed by atoms with van der Waals surface area (Å²) < 4.78 is 2.67. The topological polar surface area (TPSA) is 3.24 Å². The van der Waals surface area contributed by atoms with E-state index in [1.165, 1.54) is 58.5 Å². The second kappa shape index (κ2) is 9.37. The average Bonchev–Trinajstić information content (AvgIpc) is 3.41. The first kappa shape index (κ1) is 23.0. The van der Waals surface area contributed by atoms with E-state index in [9.17, 15) is 0 Å². The molecule has 188 valence electrons. The Hall–Kier alpha value is -4.92. The fraction of sp³-hybridized carbons (Fsp3) is 0. The van der Waals surface area contributed by atoms with Gasteiger partial charge in [-0.3, -0.25) is 0 Å². The molecule has 1 heterocycles. The van der Waals surface area contributed by atoms with E-state index in [0.29, 0.717) is 0 Å². The second-order valence-electron chi connectivity index (χ2n) is 10.2. The van der Waals surface area contributed by atoms with Gasteiger partial charge in [0.05, 0.1) is 5.69 Å². The van der Waals surface area contributed by atoms with Gasteiger partial charge in [0.2, 0.25) is 0 Å². The van der Waals surface area contributed by atoms with Crippen molar-refractivity contribution in [3.63, 3.8) is 0 Å². The quantitative estimate of drug-likeness (QED) is 0.220. The van der Waals surface area contributed by atoms with Crippen LogP contribution in [0.5, 0.6) is 0 Å². The minimum absolute atomic E-state index is 1.14. The van der Waals surface area contributed by atoms with Gasteiger partial charge in [0.1, 0.15) is 0 Å². The summed E-state index contributed by atoms with van der Waals surface area (Å²) in [5.41, 5.74) is 5.89. The lowest BCUT2D eigenvalue weighted by Gasteiger charge is -2.28. The van der Waals surface area contributed by atoms with Crippen molar-refractivity contribution in [2.45, 2.75) is 0 Å². The number of rotatable bonds is 4. The van der Waals surface area contributed by atoms with Gasteiger partial charge in [0, 0.05) is 42.3 Å². The van der Waals surface area contributed by atoms with E-state index in [1.54, 1.807) is 0 Å². The fourth-order valence-corrected chi connectivity index (χ4v) is 7.13. The number of hydrogen-bond acceptors (Lipinski definition) is 2. The van der Waals surface area contributed by atoms with E-state index in [1.807, 2.05) is 11.3 Å². The Morgan fingerprint density at radius 2 is 1.07 bits per heavy atom. The summed E-state index contributed by atoms with van der Waals surface area (Å²) in [4.78, 5) is 2.44.